The number of carbonyl (C=O) groups is 1. The molecular formula is C23H28N2O3. The van der Waals surface area contributed by atoms with Gasteiger partial charge in [-0.25, -0.2) is 0 Å². The number of carboxylic acid groups (broad SMARTS) is 1. The van der Waals surface area contributed by atoms with Crippen LogP contribution in [0.25, 0.3) is 0 Å². The number of rotatable bonds is 6. The highest BCUT2D eigenvalue weighted by Crippen LogP contribution is 2.34. The third-order valence-corrected chi connectivity index (χ3v) is 5.85. The topological polar surface area (TPSA) is 53.0 Å². The lowest BCUT2D eigenvalue weighted by Crippen LogP contribution is -2.48. The molecule has 0 bridgehead atoms. The van der Waals surface area contributed by atoms with Crippen LogP contribution >= 0.6 is 0 Å². The van der Waals surface area contributed by atoms with Crippen LogP contribution in [0.3, 0.4) is 0 Å². The summed E-state index contributed by atoms with van der Waals surface area (Å²) >= 11 is 0. The average molecular weight is 380 g/mol. The zero-order chi connectivity index (χ0) is 19.3. The van der Waals surface area contributed by atoms with Gasteiger partial charge in [0.1, 0.15) is 6.10 Å². The van der Waals surface area contributed by atoms with Crippen LogP contribution in [-0.4, -0.2) is 66.8 Å². The maximum atomic E-state index is 10.9. The Hall–Kier alpha value is -2.21. The van der Waals surface area contributed by atoms with Crippen LogP contribution in [0.4, 0.5) is 0 Å². The smallest absolute Gasteiger partial charge is 0.317 e. The predicted octanol–water partition coefficient (Wildman–Crippen LogP) is 2.59. The maximum Gasteiger partial charge on any atom is 0.317 e. The van der Waals surface area contributed by atoms with Crippen molar-refractivity contribution in [3.8, 4) is 0 Å². The summed E-state index contributed by atoms with van der Waals surface area (Å²) in [7, 11) is 0. The Balaban J connectivity index is 1.39. The van der Waals surface area contributed by atoms with Gasteiger partial charge in [0.15, 0.2) is 0 Å². The molecule has 2 aromatic rings. The number of fused-ring (bicyclic) bond motifs is 2. The molecule has 0 spiro atoms. The van der Waals surface area contributed by atoms with E-state index >= 15 is 0 Å². The first-order chi connectivity index (χ1) is 13.7. The first-order valence-electron chi connectivity index (χ1n) is 10.1. The molecule has 1 fully saturated rings. The fourth-order valence-electron chi connectivity index (χ4n) is 4.31. The molecule has 1 N–H and O–H groups in total. The number of ether oxygens (including phenoxy) is 1. The van der Waals surface area contributed by atoms with E-state index in [-0.39, 0.29) is 12.6 Å². The molecule has 2 aliphatic rings. The average Bonchev–Trinajstić information content (AvgIpc) is 2.86. The van der Waals surface area contributed by atoms with Crippen molar-refractivity contribution in [2.24, 2.45) is 0 Å². The van der Waals surface area contributed by atoms with Gasteiger partial charge in [-0.05, 0) is 35.1 Å². The molecule has 4 rings (SSSR count). The van der Waals surface area contributed by atoms with Gasteiger partial charge in [-0.3, -0.25) is 14.6 Å². The van der Waals surface area contributed by atoms with Gasteiger partial charge in [-0.1, -0.05) is 48.5 Å². The van der Waals surface area contributed by atoms with E-state index in [1.54, 1.807) is 0 Å². The van der Waals surface area contributed by atoms with Crippen molar-refractivity contribution in [2.45, 2.75) is 18.9 Å². The Morgan fingerprint density at radius 1 is 0.893 bits per heavy atom. The Labute approximate surface area is 166 Å². The molecule has 0 amide bonds. The molecule has 5 heteroatoms. The van der Waals surface area contributed by atoms with E-state index in [0.29, 0.717) is 6.61 Å². The van der Waals surface area contributed by atoms with Crippen molar-refractivity contribution >= 4 is 5.97 Å². The van der Waals surface area contributed by atoms with E-state index in [1.165, 1.54) is 22.3 Å². The molecule has 1 heterocycles. The Bertz CT molecular complexity index is 767. The maximum absolute atomic E-state index is 10.9. The molecule has 0 aromatic heterocycles. The summed E-state index contributed by atoms with van der Waals surface area (Å²) in [5, 5.41) is 8.93. The first-order valence-corrected chi connectivity index (χ1v) is 10.1. The van der Waals surface area contributed by atoms with Crippen molar-refractivity contribution in [2.75, 3.05) is 45.9 Å². The van der Waals surface area contributed by atoms with Crippen molar-refractivity contribution in [1.29, 1.82) is 0 Å². The molecule has 0 unspecified atom stereocenters. The first kappa shape index (κ1) is 19.1. The zero-order valence-electron chi connectivity index (χ0n) is 16.2. The number of hydrogen-bond donors (Lipinski definition) is 1. The van der Waals surface area contributed by atoms with E-state index < -0.39 is 5.97 Å². The van der Waals surface area contributed by atoms with Gasteiger partial charge in [0, 0.05) is 32.7 Å². The van der Waals surface area contributed by atoms with Crippen LogP contribution in [0, 0.1) is 0 Å². The summed E-state index contributed by atoms with van der Waals surface area (Å²) in [5.74, 6) is -0.748. The minimum atomic E-state index is -0.748. The lowest BCUT2D eigenvalue weighted by Gasteiger charge is -2.34. The van der Waals surface area contributed by atoms with Crippen molar-refractivity contribution in [1.82, 2.24) is 9.80 Å². The van der Waals surface area contributed by atoms with E-state index in [9.17, 15) is 4.79 Å². The van der Waals surface area contributed by atoms with Crippen molar-refractivity contribution < 1.29 is 14.6 Å². The van der Waals surface area contributed by atoms with Crippen molar-refractivity contribution in [3.05, 3.63) is 70.8 Å². The van der Waals surface area contributed by atoms with Crippen molar-refractivity contribution in [3.63, 3.8) is 0 Å². The monoisotopic (exact) mass is 380 g/mol. The molecule has 1 aliphatic carbocycles. The fraction of sp³-hybridized carbons (Fsp3) is 0.435. The van der Waals surface area contributed by atoms with Gasteiger partial charge in [0.25, 0.3) is 0 Å². The second-order valence-corrected chi connectivity index (χ2v) is 7.66. The largest absolute Gasteiger partial charge is 0.480 e. The van der Waals surface area contributed by atoms with Gasteiger partial charge >= 0.3 is 5.97 Å². The van der Waals surface area contributed by atoms with Gasteiger partial charge in [0.05, 0.1) is 13.2 Å². The van der Waals surface area contributed by atoms with Crippen LogP contribution in [0.5, 0.6) is 0 Å². The van der Waals surface area contributed by atoms with Crippen LogP contribution in [0.1, 0.15) is 28.4 Å². The van der Waals surface area contributed by atoms with Crippen LogP contribution in [0.15, 0.2) is 48.5 Å². The number of aliphatic carboxylic acids is 1. The summed E-state index contributed by atoms with van der Waals surface area (Å²) in [6.07, 6.45) is 2.10. The third-order valence-electron chi connectivity index (χ3n) is 5.85. The minimum Gasteiger partial charge on any atom is -0.480 e. The van der Waals surface area contributed by atoms with E-state index in [2.05, 4.69) is 53.4 Å². The molecule has 0 atom stereocenters. The van der Waals surface area contributed by atoms with Gasteiger partial charge in [0.2, 0.25) is 0 Å². The molecular weight excluding hydrogens is 352 g/mol. The minimum absolute atomic E-state index is 0.0109. The summed E-state index contributed by atoms with van der Waals surface area (Å²) in [4.78, 5) is 15.2. The molecule has 5 nitrogen and oxygen atoms in total. The third kappa shape index (κ3) is 4.43. The molecule has 1 aliphatic heterocycles. The van der Waals surface area contributed by atoms with Gasteiger partial charge < -0.3 is 9.84 Å². The Morgan fingerprint density at radius 3 is 2.00 bits per heavy atom. The van der Waals surface area contributed by atoms with Crippen LogP contribution in [0.2, 0.25) is 0 Å². The van der Waals surface area contributed by atoms with Gasteiger partial charge in [-0.2, -0.15) is 0 Å². The SMILES string of the molecule is O=C(O)CN1CCN(CCOC2c3ccccc3CCc3ccccc32)CC1. The molecule has 2 aromatic carbocycles. The Kier molecular flexibility index (Phi) is 6.05. The molecule has 0 saturated carbocycles. The predicted molar refractivity (Wildman–Crippen MR) is 109 cm³/mol. The number of nitrogens with zero attached hydrogens (tertiary/aromatic N) is 2. The number of carboxylic acids is 1. The number of hydrogen-bond acceptors (Lipinski definition) is 4. The standard InChI is InChI=1S/C23H28N2O3/c26-22(27)17-25-13-11-24(12-14-25)15-16-28-23-20-7-3-1-5-18(20)9-10-19-6-2-4-8-21(19)23/h1-8,23H,9-17H2,(H,26,27). The number of benzene rings is 2. The van der Waals surface area contributed by atoms with E-state index in [0.717, 1.165) is 45.6 Å². The summed E-state index contributed by atoms with van der Waals surface area (Å²) in [6.45, 7) is 5.10. The summed E-state index contributed by atoms with van der Waals surface area (Å²) < 4.78 is 6.46. The summed E-state index contributed by atoms with van der Waals surface area (Å²) in [6, 6.07) is 17.3. The lowest BCUT2D eigenvalue weighted by molar-refractivity contribution is -0.138. The highest BCUT2D eigenvalue weighted by Gasteiger charge is 2.24. The molecule has 0 radical (unpaired) electrons. The summed E-state index contributed by atoms with van der Waals surface area (Å²) in [5.41, 5.74) is 5.34. The van der Waals surface area contributed by atoms with Crippen LogP contribution < -0.4 is 0 Å². The molecule has 1 saturated heterocycles. The quantitative estimate of drug-likeness (QED) is 0.835. The van der Waals surface area contributed by atoms with Gasteiger partial charge in [-0.15, -0.1) is 0 Å². The van der Waals surface area contributed by atoms with E-state index in [4.69, 9.17) is 9.84 Å². The molecule has 148 valence electrons. The molecule has 28 heavy (non-hydrogen) atoms. The normalized spacial score (nSPS) is 18.3. The second-order valence-electron chi connectivity index (χ2n) is 7.66. The Morgan fingerprint density at radius 2 is 1.43 bits per heavy atom. The van der Waals surface area contributed by atoms with Crippen LogP contribution in [-0.2, 0) is 22.4 Å². The second kappa shape index (κ2) is 8.86. The fourth-order valence-corrected chi connectivity index (χ4v) is 4.31. The number of piperazine rings is 1. The zero-order valence-corrected chi connectivity index (χ0v) is 16.2. The lowest BCUT2D eigenvalue weighted by atomic mass is 9.97. The number of aryl methyl sites for hydroxylation is 2. The van der Waals surface area contributed by atoms with E-state index in [1.807, 2.05) is 4.90 Å². The highest BCUT2D eigenvalue weighted by molar-refractivity contribution is 5.69. The highest BCUT2D eigenvalue weighted by atomic mass is 16.5.